The second kappa shape index (κ2) is 5.19. The summed E-state index contributed by atoms with van der Waals surface area (Å²) < 4.78 is 0. The third kappa shape index (κ3) is 2.02. The van der Waals surface area contributed by atoms with E-state index in [2.05, 4.69) is 5.32 Å². The first-order chi connectivity index (χ1) is 10.8. The van der Waals surface area contributed by atoms with E-state index in [1.807, 2.05) is 71.6 Å². The van der Waals surface area contributed by atoms with E-state index in [4.69, 9.17) is 0 Å². The quantitative estimate of drug-likeness (QED) is 0.736. The van der Waals surface area contributed by atoms with Crippen molar-refractivity contribution in [3.63, 3.8) is 0 Å². The first kappa shape index (κ1) is 12.9. The lowest BCUT2D eigenvalue weighted by molar-refractivity contribution is 0.0989. The predicted molar refractivity (Wildman–Crippen MR) is 90.6 cm³/mol. The third-order valence-electron chi connectivity index (χ3n) is 4.11. The van der Waals surface area contributed by atoms with Gasteiger partial charge < -0.3 is 10.2 Å². The fourth-order valence-electron chi connectivity index (χ4n) is 3.05. The first-order valence-electron chi connectivity index (χ1n) is 7.47. The number of anilines is 2. The Labute approximate surface area is 129 Å². The van der Waals surface area contributed by atoms with Gasteiger partial charge in [0.25, 0.3) is 5.91 Å². The minimum atomic E-state index is 0.0609. The molecule has 0 radical (unpaired) electrons. The number of nitrogens with one attached hydrogen (secondary N) is 1. The van der Waals surface area contributed by atoms with E-state index in [0.717, 1.165) is 34.3 Å². The monoisotopic (exact) mass is 288 g/mol. The fraction of sp³-hybridized carbons (Fsp3) is 0.105. The highest BCUT2D eigenvalue weighted by molar-refractivity contribution is 6.15. The van der Waals surface area contributed by atoms with Gasteiger partial charge in [0.05, 0.1) is 11.4 Å². The van der Waals surface area contributed by atoms with E-state index < -0.39 is 0 Å². The second-order valence-electron chi connectivity index (χ2n) is 5.43. The number of hydrogen-bond donors (Lipinski definition) is 1. The molecule has 3 nitrogen and oxygen atoms in total. The van der Waals surface area contributed by atoms with Crippen molar-refractivity contribution in [3.05, 3.63) is 72.3 Å². The zero-order valence-electron chi connectivity index (χ0n) is 12.1. The number of nitrogens with zero attached hydrogens (tertiary/aromatic N) is 1. The molecule has 0 saturated heterocycles. The van der Waals surface area contributed by atoms with Crippen molar-refractivity contribution in [3.8, 4) is 0 Å². The molecule has 0 fully saturated rings. The van der Waals surface area contributed by atoms with Crippen molar-refractivity contribution in [1.82, 2.24) is 0 Å². The standard InChI is InChI=1S/C19H16N2O/c22-19(16-9-5-7-14-6-1-2-8-15(14)16)21-13-12-20-17-10-3-4-11-18(17)21/h1-11,20H,12-13H2. The van der Waals surface area contributed by atoms with Crippen LogP contribution in [0.1, 0.15) is 10.4 Å². The summed E-state index contributed by atoms with van der Waals surface area (Å²) >= 11 is 0. The number of benzene rings is 3. The van der Waals surface area contributed by atoms with Gasteiger partial charge in [-0.05, 0) is 29.0 Å². The Bertz CT molecular complexity index is 851. The highest BCUT2D eigenvalue weighted by atomic mass is 16.2. The smallest absolute Gasteiger partial charge is 0.259 e. The van der Waals surface area contributed by atoms with Gasteiger partial charge in [-0.3, -0.25) is 4.79 Å². The summed E-state index contributed by atoms with van der Waals surface area (Å²) in [4.78, 5) is 14.9. The van der Waals surface area contributed by atoms with Crippen molar-refractivity contribution in [2.45, 2.75) is 0 Å². The molecular weight excluding hydrogens is 272 g/mol. The molecule has 0 spiro atoms. The summed E-state index contributed by atoms with van der Waals surface area (Å²) in [5.74, 6) is 0.0609. The minimum Gasteiger partial charge on any atom is -0.382 e. The maximum Gasteiger partial charge on any atom is 0.259 e. The number of para-hydroxylation sites is 2. The lowest BCUT2D eigenvalue weighted by atomic mass is 10.0. The SMILES string of the molecule is O=C(c1cccc2ccccc12)N1CCNc2ccccc21. The van der Waals surface area contributed by atoms with E-state index in [9.17, 15) is 4.79 Å². The van der Waals surface area contributed by atoms with Gasteiger partial charge in [0.15, 0.2) is 0 Å². The maximum absolute atomic E-state index is 13.1. The third-order valence-corrected chi connectivity index (χ3v) is 4.11. The van der Waals surface area contributed by atoms with Crippen LogP contribution in [0.4, 0.5) is 11.4 Å². The highest BCUT2D eigenvalue weighted by Gasteiger charge is 2.24. The number of fused-ring (bicyclic) bond motifs is 2. The molecule has 0 atom stereocenters. The van der Waals surface area contributed by atoms with Gasteiger partial charge in [-0.2, -0.15) is 0 Å². The summed E-state index contributed by atoms with van der Waals surface area (Å²) in [6.45, 7) is 1.45. The molecule has 1 aliphatic rings. The number of rotatable bonds is 1. The van der Waals surface area contributed by atoms with Crippen LogP contribution in [0.2, 0.25) is 0 Å². The highest BCUT2D eigenvalue weighted by Crippen LogP contribution is 2.30. The zero-order valence-corrected chi connectivity index (χ0v) is 12.1. The van der Waals surface area contributed by atoms with E-state index >= 15 is 0 Å². The van der Waals surface area contributed by atoms with Crippen LogP contribution in [0.5, 0.6) is 0 Å². The molecule has 3 aromatic rings. The largest absolute Gasteiger partial charge is 0.382 e. The van der Waals surface area contributed by atoms with Gasteiger partial charge >= 0.3 is 0 Å². The molecular formula is C19H16N2O. The molecule has 3 aromatic carbocycles. The van der Waals surface area contributed by atoms with E-state index in [1.54, 1.807) is 0 Å². The van der Waals surface area contributed by atoms with Gasteiger partial charge in [-0.1, -0.05) is 48.5 Å². The van der Waals surface area contributed by atoms with Crippen LogP contribution in [0, 0.1) is 0 Å². The predicted octanol–water partition coefficient (Wildman–Crippen LogP) is 3.91. The molecule has 0 bridgehead atoms. The molecule has 108 valence electrons. The Morgan fingerprint density at radius 3 is 2.64 bits per heavy atom. The van der Waals surface area contributed by atoms with Gasteiger partial charge in [0, 0.05) is 18.7 Å². The Kier molecular flexibility index (Phi) is 3.04. The van der Waals surface area contributed by atoms with Gasteiger partial charge in [0.2, 0.25) is 0 Å². The Morgan fingerprint density at radius 2 is 1.68 bits per heavy atom. The van der Waals surface area contributed by atoms with Gasteiger partial charge in [0.1, 0.15) is 0 Å². The summed E-state index contributed by atoms with van der Waals surface area (Å²) in [5.41, 5.74) is 2.73. The molecule has 1 N–H and O–H groups in total. The van der Waals surface area contributed by atoms with Crippen LogP contribution in [0.25, 0.3) is 10.8 Å². The molecule has 1 amide bonds. The molecule has 1 heterocycles. The maximum atomic E-state index is 13.1. The molecule has 1 aliphatic heterocycles. The summed E-state index contributed by atoms with van der Waals surface area (Å²) in [5, 5.41) is 5.44. The van der Waals surface area contributed by atoms with Crippen LogP contribution in [0.15, 0.2) is 66.7 Å². The van der Waals surface area contributed by atoms with Crippen LogP contribution < -0.4 is 10.2 Å². The number of hydrogen-bond acceptors (Lipinski definition) is 2. The Hall–Kier alpha value is -2.81. The summed E-state index contributed by atoms with van der Waals surface area (Å²) in [7, 11) is 0. The van der Waals surface area contributed by atoms with Crippen molar-refractivity contribution in [1.29, 1.82) is 0 Å². The van der Waals surface area contributed by atoms with Crippen molar-refractivity contribution >= 4 is 28.1 Å². The first-order valence-corrected chi connectivity index (χ1v) is 7.47. The molecule has 0 unspecified atom stereocenters. The Balaban J connectivity index is 1.82. The van der Waals surface area contributed by atoms with E-state index in [-0.39, 0.29) is 5.91 Å². The van der Waals surface area contributed by atoms with Gasteiger partial charge in [-0.15, -0.1) is 0 Å². The number of carbonyl (C=O) groups excluding carboxylic acids is 1. The van der Waals surface area contributed by atoms with Crippen molar-refractivity contribution in [2.24, 2.45) is 0 Å². The van der Waals surface area contributed by atoms with Crippen molar-refractivity contribution in [2.75, 3.05) is 23.3 Å². The molecule has 0 aromatic heterocycles. The van der Waals surface area contributed by atoms with Crippen LogP contribution in [0.3, 0.4) is 0 Å². The van der Waals surface area contributed by atoms with Crippen LogP contribution in [-0.2, 0) is 0 Å². The second-order valence-corrected chi connectivity index (χ2v) is 5.43. The number of carbonyl (C=O) groups is 1. The van der Waals surface area contributed by atoms with E-state index in [1.165, 1.54) is 0 Å². The molecule has 0 aliphatic carbocycles. The lowest BCUT2D eigenvalue weighted by Gasteiger charge is -2.30. The molecule has 22 heavy (non-hydrogen) atoms. The van der Waals surface area contributed by atoms with Crippen LogP contribution in [-0.4, -0.2) is 19.0 Å². The topological polar surface area (TPSA) is 32.3 Å². The molecule has 3 heteroatoms. The normalized spacial score (nSPS) is 13.5. The van der Waals surface area contributed by atoms with E-state index in [0.29, 0.717) is 6.54 Å². The van der Waals surface area contributed by atoms with Crippen LogP contribution >= 0.6 is 0 Å². The average Bonchev–Trinajstić information content (AvgIpc) is 2.60. The van der Waals surface area contributed by atoms with Gasteiger partial charge in [-0.25, -0.2) is 0 Å². The lowest BCUT2D eigenvalue weighted by Crippen LogP contribution is -2.38. The summed E-state index contributed by atoms with van der Waals surface area (Å²) in [6, 6.07) is 21.9. The number of amides is 1. The molecule has 4 rings (SSSR count). The minimum absolute atomic E-state index is 0.0609. The zero-order chi connectivity index (χ0) is 14.9. The molecule has 0 saturated carbocycles. The fourth-order valence-corrected chi connectivity index (χ4v) is 3.05. The Morgan fingerprint density at radius 1 is 0.909 bits per heavy atom. The van der Waals surface area contributed by atoms with Crippen molar-refractivity contribution < 1.29 is 4.79 Å². The average molecular weight is 288 g/mol. The summed E-state index contributed by atoms with van der Waals surface area (Å²) in [6.07, 6.45) is 0.